The molecule has 2 unspecified atom stereocenters. The fourth-order valence-corrected chi connectivity index (χ4v) is 3.25. The van der Waals surface area contributed by atoms with Gasteiger partial charge in [0, 0.05) is 5.92 Å². The molecule has 2 atom stereocenters. The van der Waals surface area contributed by atoms with Crippen LogP contribution in [0.1, 0.15) is 24.3 Å². The highest BCUT2D eigenvalue weighted by molar-refractivity contribution is 6.03. The number of amides is 1. The maximum absolute atomic E-state index is 12.3. The van der Waals surface area contributed by atoms with E-state index in [-0.39, 0.29) is 12.5 Å². The van der Waals surface area contributed by atoms with Gasteiger partial charge in [-0.15, -0.1) is 0 Å². The van der Waals surface area contributed by atoms with E-state index in [2.05, 4.69) is 6.58 Å². The zero-order chi connectivity index (χ0) is 14.3. The van der Waals surface area contributed by atoms with Crippen molar-refractivity contribution >= 4 is 17.7 Å². The molecule has 5 heteroatoms. The molecule has 20 heavy (non-hydrogen) atoms. The third kappa shape index (κ3) is 1.43. The second-order valence-electron chi connectivity index (χ2n) is 5.08. The highest BCUT2D eigenvalue weighted by Crippen LogP contribution is 2.59. The van der Waals surface area contributed by atoms with Crippen molar-refractivity contribution in [2.45, 2.75) is 24.3 Å². The van der Waals surface area contributed by atoms with Gasteiger partial charge in [-0.25, -0.2) is 9.59 Å². The summed E-state index contributed by atoms with van der Waals surface area (Å²) in [6.45, 7) is 3.56. The van der Waals surface area contributed by atoms with Gasteiger partial charge in [0.1, 0.15) is 6.61 Å². The van der Waals surface area contributed by atoms with Crippen LogP contribution >= 0.6 is 0 Å². The van der Waals surface area contributed by atoms with Crippen molar-refractivity contribution in [3.8, 4) is 0 Å². The summed E-state index contributed by atoms with van der Waals surface area (Å²) in [5.74, 6) is -1.12. The van der Waals surface area contributed by atoms with Gasteiger partial charge in [0.2, 0.25) is 0 Å². The van der Waals surface area contributed by atoms with Crippen molar-refractivity contribution in [3.63, 3.8) is 0 Å². The smallest absolute Gasteiger partial charge is 0.415 e. The zero-order valence-electron chi connectivity index (χ0n) is 10.9. The number of carbonyl (C=O) groups excluding carboxylic acids is 1. The minimum atomic E-state index is -1.18. The Labute approximate surface area is 116 Å². The van der Waals surface area contributed by atoms with E-state index >= 15 is 0 Å². The molecule has 1 saturated carbocycles. The number of aliphatic carboxylic acids is 1. The van der Waals surface area contributed by atoms with Crippen molar-refractivity contribution in [2.24, 2.45) is 0 Å². The maximum atomic E-state index is 12.3. The van der Waals surface area contributed by atoms with Crippen LogP contribution in [0.15, 0.2) is 36.9 Å². The lowest BCUT2D eigenvalue weighted by molar-refractivity contribution is -0.147. The lowest BCUT2D eigenvalue weighted by atomic mass is 9.65. The van der Waals surface area contributed by atoms with Gasteiger partial charge >= 0.3 is 12.1 Å². The van der Waals surface area contributed by atoms with Crippen molar-refractivity contribution in [2.75, 3.05) is 11.5 Å². The molecule has 1 aliphatic carbocycles. The minimum Gasteiger partial charge on any atom is -0.479 e. The van der Waals surface area contributed by atoms with Crippen LogP contribution in [0, 0.1) is 0 Å². The van der Waals surface area contributed by atoms with E-state index in [1.807, 2.05) is 12.1 Å². The van der Waals surface area contributed by atoms with Crippen LogP contribution in [-0.2, 0) is 9.53 Å². The van der Waals surface area contributed by atoms with E-state index in [9.17, 15) is 14.7 Å². The molecule has 1 fully saturated rings. The topological polar surface area (TPSA) is 66.8 Å². The van der Waals surface area contributed by atoms with E-state index in [4.69, 9.17) is 4.74 Å². The number of ether oxygens (including phenoxy) is 1. The van der Waals surface area contributed by atoms with Crippen LogP contribution in [-0.4, -0.2) is 29.3 Å². The molecule has 0 aromatic heterocycles. The Balaban J connectivity index is 2.06. The molecule has 5 nitrogen and oxygen atoms in total. The van der Waals surface area contributed by atoms with Gasteiger partial charge < -0.3 is 9.84 Å². The molecule has 104 valence electrons. The van der Waals surface area contributed by atoms with Gasteiger partial charge in [-0.3, -0.25) is 4.90 Å². The van der Waals surface area contributed by atoms with Crippen molar-refractivity contribution < 1.29 is 19.4 Å². The molecule has 0 spiro atoms. The molecule has 0 bridgehead atoms. The standard InChI is InChI=1S/C15H15NO4/c1-2-9-20-14(19)16-12-6-4-3-5-10(12)11-7-8-15(11,16)13(17)18/h2-6,11H,1,7-9H2,(H,17,18). The highest BCUT2D eigenvalue weighted by atomic mass is 16.6. The molecule has 1 aliphatic heterocycles. The highest BCUT2D eigenvalue weighted by Gasteiger charge is 2.65. The van der Waals surface area contributed by atoms with Crippen molar-refractivity contribution in [3.05, 3.63) is 42.5 Å². The molecule has 3 rings (SSSR count). The van der Waals surface area contributed by atoms with E-state index in [1.165, 1.54) is 11.0 Å². The third-order valence-electron chi connectivity index (χ3n) is 4.22. The Morgan fingerprint density at radius 2 is 2.25 bits per heavy atom. The Morgan fingerprint density at radius 3 is 2.85 bits per heavy atom. The first-order chi connectivity index (χ1) is 9.63. The van der Waals surface area contributed by atoms with Crippen LogP contribution in [0.5, 0.6) is 0 Å². The number of carboxylic acids is 1. The van der Waals surface area contributed by atoms with Crippen LogP contribution in [0.2, 0.25) is 0 Å². The Kier molecular flexibility index (Phi) is 2.78. The molecule has 0 radical (unpaired) electrons. The first-order valence-electron chi connectivity index (χ1n) is 6.53. The number of benzene rings is 1. The number of rotatable bonds is 3. The van der Waals surface area contributed by atoms with Crippen LogP contribution in [0.25, 0.3) is 0 Å². The summed E-state index contributed by atoms with van der Waals surface area (Å²) in [4.78, 5) is 25.3. The van der Waals surface area contributed by atoms with Gasteiger partial charge in [0.25, 0.3) is 0 Å². The molecule has 2 aliphatic rings. The number of para-hydroxylation sites is 1. The largest absolute Gasteiger partial charge is 0.479 e. The molecule has 1 N–H and O–H groups in total. The lowest BCUT2D eigenvalue weighted by Gasteiger charge is -2.45. The summed E-state index contributed by atoms with van der Waals surface area (Å²) in [5, 5.41) is 9.64. The second-order valence-corrected chi connectivity index (χ2v) is 5.08. The summed E-state index contributed by atoms with van der Waals surface area (Å²) < 4.78 is 5.07. The average molecular weight is 273 g/mol. The Morgan fingerprint density at radius 1 is 1.50 bits per heavy atom. The summed E-state index contributed by atoms with van der Waals surface area (Å²) >= 11 is 0. The molecule has 1 amide bonds. The molecule has 1 aromatic rings. The predicted octanol–water partition coefficient (Wildman–Crippen LogP) is 2.53. The average Bonchev–Trinajstić information content (AvgIpc) is 2.60. The van der Waals surface area contributed by atoms with E-state index in [0.29, 0.717) is 12.1 Å². The number of carbonyl (C=O) groups is 2. The monoisotopic (exact) mass is 273 g/mol. The third-order valence-corrected chi connectivity index (χ3v) is 4.22. The van der Waals surface area contributed by atoms with Gasteiger partial charge in [0.15, 0.2) is 5.54 Å². The number of fused-ring (bicyclic) bond motifs is 3. The Bertz CT molecular complexity index is 597. The summed E-state index contributed by atoms with van der Waals surface area (Å²) in [6.07, 6.45) is 2.06. The molecular weight excluding hydrogens is 258 g/mol. The minimum absolute atomic E-state index is 0.0673. The van der Waals surface area contributed by atoms with Gasteiger partial charge in [0.05, 0.1) is 5.69 Å². The normalized spacial score (nSPS) is 26.2. The first kappa shape index (κ1) is 12.7. The van der Waals surface area contributed by atoms with Crippen molar-refractivity contribution in [1.29, 1.82) is 0 Å². The summed E-state index contributed by atoms with van der Waals surface area (Å²) in [6, 6.07) is 7.32. The van der Waals surface area contributed by atoms with Gasteiger partial charge in [-0.05, 0) is 24.5 Å². The summed E-state index contributed by atoms with van der Waals surface area (Å²) in [7, 11) is 0. The molecular formula is C15H15NO4. The lowest BCUT2D eigenvalue weighted by Crippen LogP contribution is -2.62. The number of nitrogens with zero attached hydrogens (tertiary/aromatic N) is 1. The Hall–Kier alpha value is -2.30. The van der Waals surface area contributed by atoms with E-state index in [1.54, 1.807) is 12.1 Å². The van der Waals surface area contributed by atoms with Crippen LogP contribution in [0.4, 0.5) is 10.5 Å². The predicted molar refractivity (Wildman–Crippen MR) is 72.8 cm³/mol. The number of carboxylic acid groups (broad SMARTS) is 1. The van der Waals surface area contributed by atoms with E-state index < -0.39 is 17.6 Å². The molecule has 1 aromatic carbocycles. The molecule has 0 saturated heterocycles. The van der Waals surface area contributed by atoms with Crippen molar-refractivity contribution in [1.82, 2.24) is 0 Å². The maximum Gasteiger partial charge on any atom is 0.415 e. The second kappa shape index (κ2) is 4.37. The zero-order valence-corrected chi connectivity index (χ0v) is 10.9. The fraction of sp³-hybridized carbons (Fsp3) is 0.333. The fourth-order valence-electron chi connectivity index (χ4n) is 3.25. The quantitative estimate of drug-likeness (QED) is 0.859. The summed E-state index contributed by atoms with van der Waals surface area (Å²) in [5.41, 5.74) is 0.380. The first-order valence-corrected chi connectivity index (χ1v) is 6.53. The van der Waals surface area contributed by atoms with E-state index in [0.717, 1.165) is 12.0 Å². The molecule has 1 heterocycles. The number of hydrogen-bond acceptors (Lipinski definition) is 3. The van der Waals surface area contributed by atoms with Gasteiger partial charge in [-0.1, -0.05) is 30.9 Å². The van der Waals surface area contributed by atoms with Gasteiger partial charge in [-0.2, -0.15) is 0 Å². The number of hydrogen-bond donors (Lipinski definition) is 1. The SMILES string of the molecule is C=CCOC(=O)N1c2ccccc2C2CCC21C(=O)O. The van der Waals surface area contributed by atoms with Crippen LogP contribution < -0.4 is 4.90 Å². The number of anilines is 1. The van der Waals surface area contributed by atoms with Crippen LogP contribution in [0.3, 0.4) is 0 Å².